The topological polar surface area (TPSA) is 12.0 Å². The van der Waals surface area contributed by atoms with Crippen LogP contribution in [-0.4, -0.2) is 12.6 Å². The highest BCUT2D eigenvalue weighted by atomic mass is 35.5. The maximum atomic E-state index is 13.0. The van der Waals surface area contributed by atoms with E-state index in [-0.39, 0.29) is 5.82 Å². The third kappa shape index (κ3) is 3.69. The number of hydrogen-bond donors (Lipinski definition) is 1. The van der Waals surface area contributed by atoms with Gasteiger partial charge in [-0.25, -0.2) is 4.39 Å². The summed E-state index contributed by atoms with van der Waals surface area (Å²) in [6.45, 7) is 3.30. The second-order valence-electron chi connectivity index (χ2n) is 5.27. The van der Waals surface area contributed by atoms with Crippen molar-refractivity contribution in [3.8, 4) is 0 Å². The lowest BCUT2D eigenvalue weighted by Crippen LogP contribution is -2.27. The van der Waals surface area contributed by atoms with E-state index in [1.165, 1.54) is 37.8 Å². The molecule has 0 aromatic heterocycles. The highest BCUT2D eigenvalue weighted by Crippen LogP contribution is 2.31. The van der Waals surface area contributed by atoms with Crippen LogP contribution >= 0.6 is 11.6 Å². The Labute approximate surface area is 114 Å². The summed E-state index contributed by atoms with van der Waals surface area (Å²) in [6, 6.07) is 5.40. The van der Waals surface area contributed by atoms with E-state index in [0.29, 0.717) is 17.0 Å². The van der Waals surface area contributed by atoms with Crippen molar-refractivity contribution < 1.29 is 4.39 Å². The maximum absolute atomic E-state index is 13.0. The first-order valence-corrected chi connectivity index (χ1v) is 7.24. The molecule has 0 bridgehead atoms. The van der Waals surface area contributed by atoms with Crippen LogP contribution in [0.2, 0.25) is 5.02 Å². The SMILES string of the molecule is CCCNC1CCC(Cc2ccc(F)cc2Cl)C1. The van der Waals surface area contributed by atoms with E-state index in [4.69, 9.17) is 11.6 Å². The van der Waals surface area contributed by atoms with Gasteiger partial charge in [-0.15, -0.1) is 0 Å². The van der Waals surface area contributed by atoms with Crippen molar-refractivity contribution in [1.82, 2.24) is 5.32 Å². The number of nitrogens with one attached hydrogen (secondary N) is 1. The normalized spacial score (nSPS) is 23.5. The molecule has 0 radical (unpaired) electrons. The lowest BCUT2D eigenvalue weighted by Gasteiger charge is -2.13. The molecule has 1 saturated carbocycles. The summed E-state index contributed by atoms with van der Waals surface area (Å²) in [4.78, 5) is 0. The van der Waals surface area contributed by atoms with E-state index < -0.39 is 0 Å². The maximum Gasteiger partial charge on any atom is 0.124 e. The predicted octanol–water partition coefficient (Wildman–Crippen LogP) is 4.19. The van der Waals surface area contributed by atoms with Crippen LogP contribution in [0.15, 0.2) is 18.2 Å². The Hall–Kier alpha value is -0.600. The highest BCUT2D eigenvalue weighted by Gasteiger charge is 2.24. The Kier molecular flexibility index (Phi) is 5.02. The van der Waals surface area contributed by atoms with Gasteiger partial charge in [-0.05, 0) is 62.3 Å². The third-order valence-corrected chi connectivity index (χ3v) is 4.10. The predicted molar refractivity (Wildman–Crippen MR) is 74.5 cm³/mol. The second kappa shape index (κ2) is 6.53. The first-order valence-electron chi connectivity index (χ1n) is 6.86. The van der Waals surface area contributed by atoms with Gasteiger partial charge in [0.15, 0.2) is 0 Å². The zero-order chi connectivity index (χ0) is 13.0. The van der Waals surface area contributed by atoms with E-state index in [1.807, 2.05) is 6.07 Å². The van der Waals surface area contributed by atoms with E-state index in [2.05, 4.69) is 12.2 Å². The lowest BCUT2D eigenvalue weighted by atomic mass is 9.97. The van der Waals surface area contributed by atoms with Gasteiger partial charge in [-0.2, -0.15) is 0 Å². The molecule has 1 aromatic carbocycles. The third-order valence-electron chi connectivity index (χ3n) is 3.75. The summed E-state index contributed by atoms with van der Waals surface area (Å²) < 4.78 is 13.0. The van der Waals surface area contributed by atoms with Crippen LogP contribution in [0, 0.1) is 11.7 Å². The van der Waals surface area contributed by atoms with Crippen molar-refractivity contribution in [2.75, 3.05) is 6.54 Å². The van der Waals surface area contributed by atoms with Crippen molar-refractivity contribution in [3.63, 3.8) is 0 Å². The van der Waals surface area contributed by atoms with Crippen LogP contribution in [0.25, 0.3) is 0 Å². The lowest BCUT2D eigenvalue weighted by molar-refractivity contribution is 0.484. The Morgan fingerprint density at radius 1 is 1.39 bits per heavy atom. The quantitative estimate of drug-likeness (QED) is 0.845. The number of rotatable bonds is 5. The summed E-state index contributed by atoms with van der Waals surface area (Å²) in [7, 11) is 0. The first kappa shape index (κ1) is 13.8. The fourth-order valence-corrected chi connectivity index (χ4v) is 3.04. The van der Waals surface area contributed by atoms with Crippen molar-refractivity contribution in [2.45, 2.75) is 45.1 Å². The molecule has 3 heteroatoms. The standard InChI is InChI=1S/C15H21ClFN/c1-2-7-18-14-6-3-11(9-14)8-12-4-5-13(17)10-15(12)16/h4-5,10-11,14,18H,2-3,6-9H2,1H3. The zero-order valence-electron chi connectivity index (χ0n) is 10.9. The molecule has 2 rings (SSSR count). The smallest absolute Gasteiger partial charge is 0.124 e. The van der Waals surface area contributed by atoms with E-state index in [0.717, 1.165) is 18.5 Å². The molecule has 0 saturated heterocycles. The van der Waals surface area contributed by atoms with E-state index in [1.54, 1.807) is 0 Å². The van der Waals surface area contributed by atoms with Gasteiger partial charge in [0, 0.05) is 11.1 Å². The first-order chi connectivity index (χ1) is 8.69. The van der Waals surface area contributed by atoms with Crippen LogP contribution in [0.1, 0.15) is 38.2 Å². The average molecular weight is 270 g/mol. The van der Waals surface area contributed by atoms with E-state index in [9.17, 15) is 4.39 Å². The van der Waals surface area contributed by atoms with Crippen LogP contribution in [0.3, 0.4) is 0 Å². The molecule has 1 fully saturated rings. The molecule has 2 atom stereocenters. The molecule has 0 heterocycles. The summed E-state index contributed by atoms with van der Waals surface area (Å²) in [5, 5.41) is 4.15. The minimum Gasteiger partial charge on any atom is -0.314 e. The molecular weight excluding hydrogens is 249 g/mol. The van der Waals surface area contributed by atoms with Crippen LogP contribution in [0.4, 0.5) is 4.39 Å². The Morgan fingerprint density at radius 3 is 2.94 bits per heavy atom. The summed E-state index contributed by atoms with van der Waals surface area (Å²) >= 11 is 6.07. The van der Waals surface area contributed by atoms with Crippen molar-refractivity contribution >= 4 is 11.6 Å². The fraction of sp³-hybridized carbons (Fsp3) is 0.600. The summed E-state index contributed by atoms with van der Waals surface area (Å²) in [6.07, 6.45) is 5.88. The fourth-order valence-electron chi connectivity index (χ4n) is 2.79. The molecule has 0 aliphatic heterocycles. The van der Waals surface area contributed by atoms with Gasteiger partial charge >= 0.3 is 0 Å². The van der Waals surface area contributed by atoms with Crippen LogP contribution in [0.5, 0.6) is 0 Å². The molecular formula is C15H21ClFN. The van der Waals surface area contributed by atoms with Gasteiger partial charge in [0.25, 0.3) is 0 Å². The van der Waals surface area contributed by atoms with Crippen molar-refractivity contribution in [3.05, 3.63) is 34.6 Å². The second-order valence-corrected chi connectivity index (χ2v) is 5.68. The Bertz CT molecular complexity index is 394. The molecule has 1 aliphatic rings. The van der Waals surface area contributed by atoms with Gasteiger partial charge in [0.1, 0.15) is 5.82 Å². The van der Waals surface area contributed by atoms with Crippen LogP contribution in [-0.2, 0) is 6.42 Å². The van der Waals surface area contributed by atoms with Gasteiger partial charge < -0.3 is 5.32 Å². The molecule has 100 valence electrons. The molecule has 1 N–H and O–H groups in total. The zero-order valence-corrected chi connectivity index (χ0v) is 11.6. The average Bonchev–Trinajstić information content (AvgIpc) is 2.78. The van der Waals surface area contributed by atoms with Crippen LogP contribution < -0.4 is 5.32 Å². The van der Waals surface area contributed by atoms with Gasteiger partial charge in [0.05, 0.1) is 0 Å². The van der Waals surface area contributed by atoms with Crippen molar-refractivity contribution in [1.29, 1.82) is 0 Å². The molecule has 0 amide bonds. The van der Waals surface area contributed by atoms with Crippen molar-refractivity contribution in [2.24, 2.45) is 5.92 Å². The number of halogens is 2. The van der Waals surface area contributed by atoms with Gasteiger partial charge in [0.2, 0.25) is 0 Å². The molecule has 18 heavy (non-hydrogen) atoms. The molecule has 1 aromatic rings. The van der Waals surface area contributed by atoms with Gasteiger partial charge in [-0.3, -0.25) is 0 Å². The monoisotopic (exact) mass is 269 g/mol. The molecule has 0 spiro atoms. The van der Waals surface area contributed by atoms with E-state index >= 15 is 0 Å². The largest absolute Gasteiger partial charge is 0.314 e. The Balaban J connectivity index is 1.87. The highest BCUT2D eigenvalue weighted by molar-refractivity contribution is 6.31. The summed E-state index contributed by atoms with van der Waals surface area (Å²) in [5.74, 6) is 0.431. The minimum absolute atomic E-state index is 0.252. The number of benzene rings is 1. The molecule has 1 nitrogen and oxygen atoms in total. The Morgan fingerprint density at radius 2 is 2.22 bits per heavy atom. The molecule has 1 aliphatic carbocycles. The number of hydrogen-bond acceptors (Lipinski definition) is 1. The minimum atomic E-state index is -0.252. The van der Waals surface area contributed by atoms with Gasteiger partial charge in [-0.1, -0.05) is 24.6 Å². The summed E-state index contributed by atoms with van der Waals surface area (Å²) in [5.41, 5.74) is 1.08. The molecule has 2 unspecified atom stereocenters.